The zero-order valence-electron chi connectivity index (χ0n) is 8.86. The maximum atomic E-state index is 11.5. The van der Waals surface area contributed by atoms with Gasteiger partial charge in [-0.2, -0.15) is 0 Å². The van der Waals surface area contributed by atoms with Gasteiger partial charge in [0, 0.05) is 12.6 Å². The number of nitrogens with zero attached hydrogens (tertiary/aromatic N) is 1. The highest BCUT2D eigenvalue weighted by Gasteiger charge is 2.24. The van der Waals surface area contributed by atoms with Crippen LogP contribution >= 0.6 is 0 Å². The maximum Gasteiger partial charge on any atom is 0.216 e. The summed E-state index contributed by atoms with van der Waals surface area (Å²) in [5, 5.41) is 4.76. The van der Waals surface area contributed by atoms with E-state index in [1.807, 2.05) is 0 Å². The van der Waals surface area contributed by atoms with Gasteiger partial charge in [-0.1, -0.05) is 12.8 Å². The first-order chi connectivity index (χ1) is 7.08. The van der Waals surface area contributed by atoms with Crippen molar-refractivity contribution in [2.24, 2.45) is 4.99 Å². The van der Waals surface area contributed by atoms with Crippen LogP contribution in [0.15, 0.2) is 16.1 Å². The zero-order valence-corrected chi connectivity index (χ0v) is 9.68. The van der Waals surface area contributed by atoms with E-state index in [0.717, 1.165) is 12.8 Å². The zero-order chi connectivity index (χ0) is 10.9. The number of nitrogens with one attached hydrogen (secondary N) is 1. The van der Waals surface area contributed by atoms with Gasteiger partial charge in [0.15, 0.2) is 5.04 Å². The third-order valence-electron chi connectivity index (χ3n) is 2.85. The van der Waals surface area contributed by atoms with E-state index in [-0.39, 0.29) is 5.04 Å². The second-order valence-corrected chi connectivity index (χ2v) is 5.97. The molecule has 0 atom stereocenters. The molecule has 0 aromatic heterocycles. The topological polar surface area (TPSA) is 58.5 Å². The Balaban J connectivity index is 1.93. The summed E-state index contributed by atoms with van der Waals surface area (Å²) in [6.07, 6.45) is 4.79. The fraction of sp³-hybridized carbons (Fsp3) is 0.700. The molecule has 0 saturated heterocycles. The van der Waals surface area contributed by atoms with Crippen LogP contribution in [-0.4, -0.2) is 26.0 Å². The maximum absolute atomic E-state index is 11.5. The van der Waals surface area contributed by atoms with Crippen molar-refractivity contribution in [1.29, 1.82) is 0 Å². The van der Waals surface area contributed by atoms with Crippen LogP contribution < -0.4 is 5.32 Å². The Kier molecular flexibility index (Phi) is 2.93. The lowest BCUT2D eigenvalue weighted by molar-refractivity contribution is 0.563. The molecule has 2 aliphatic rings. The number of hydrogen-bond donors (Lipinski definition) is 1. The quantitative estimate of drug-likeness (QED) is 0.789. The predicted octanol–water partition coefficient (Wildman–Crippen LogP) is 1.21. The van der Waals surface area contributed by atoms with Crippen LogP contribution in [0.2, 0.25) is 0 Å². The SMILES string of the molecule is CC1=CS(=O)(=O)C(CNC2CCCC2)=N1. The van der Waals surface area contributed by atoms with Gasteiger partial charge in [-0.3, -0.25) is 0 Å². The van der Waals surface area contributed by atoms with Crippen molar-refractivity contribution >= 4 is 14.9 Å². The van der Waals surface area contributed by atoms with E-state index < -0.39 is 9.84 Å². The van der Waals surface area contributed by atoms with Gasteiger partial charge in [-0.15, -0.1) is 0 Å². The molecule has 1 saturated carbocycles. The molecule has 84 valence electrons. The number of sulfone groups is 1. The van der Waals surface area contributed by atoms with Crippen molar-refractivity contribution in [2.45, 2.75) is 38.6 Å². The molecule has 0 aromatic rings. The van der Waals surface area contributed by atoms with Gasteiger partial charge in [0.05, 0.1) is 11.1 Å². The monoisotopic (exact) mass is 228 g/mol. The molecule has 1 aliphatic heterocycles. The largest absolute Gasteiger partial charge is 0.308 e. The molecule has 0 radical (unpaired) electrons. The number of hydrogen-bond acceptors (Lipinski definition) is 4. The molecule has 2 rings (SSSR count). The van der Waals surface area contributed by atoms with Gasteiger partial charge in [-0.05, 0) is 19.8 Å². The lowest BCUT2D eigenvalue weighted by Crippen LogP contribution is -2.33. The summed E-state index contributed by atoms with van der Waals surface area (Å²) in [6.45, 7) is 2.08. The third-order valence-corrected chi connectivity index (χ3v) is 4.40. The molecule has 5 heteroatoms. The summed E-state index contributed by atoms with van der Waals surface area (Å²) < 4.78 is 23.1. The summed E-state index contributed by atoms with van der Waals surface area (Å²) in [5.74, 6) is 0. The molecule has 0 spiro atoms. The molecular weight excluding hydrogens is 212 g/mol. The van der Waals surface area contributed by atoms with Gasteiger partial charge in [0.1, 0.15) is 0 Å². The lowest BCUT2D eigenvalue weighted by atomic mass is 10.2. The fourth-order valence-electron chi connectivity index (χ4n) is 2.08. The van der Waals surface area contributed by atoms with Gasteiger partial charge >= 0.3 is 0 Å². The first kappa shape index (κ1) is 10.8. The van der Waals surface area contributed by atoms with E-state index in [4.69, 9.17) is 0 Å². The standard InChI is InChI=1S/C10H16N2O2S/c1-8-7-15(13,14)10(12-8)6-11-9-4-2-3-5-9/h7,9,11H,2-6H2,1H3. The minimum atomic E-state index is -3.20. The van der Waals surface area contributed by atoms with Gasteiger partial charge in [0.25, 0.3) is 0 Å². The molecule has 1 heterocycles. The fourth-order valence-corrected chi connectivity index (χ4v) is 3.27. The van der Waals surface area contributed by atoms with E-state index in [9.17, 15) is 8.42 Å². The van der Waals surface area contributed by atoms with E-state index in [2.05, 4.69) is 10.3 Å². The summed E-state index contributed by atoms with van der Waals surface area (Å²) in [7, 11) is -3.20. The minimum Gasteiger partial charge on any atom is -0.308 e. The Morgan fingerprint density at radius 2 is 2.13 bits per heavy atom. The van der Waals surface area contributed by atoms with Crippen molar-refractivity contribution in [3.8, 4) is 0 Å². The molecule has 1 N–H and O–H groups in total. The number of allylic oxidation sites excluding steroid dienone is 1. The Morgan fingerprint density at radius 3 is 2.67 bits per heavy atom. The summed E-state index contributed by atoms with van der Waals surface area (Å²) >= 11 is 0. The number of rotatable bonds is 3. The van der Waals surface area contributed by atoms with Gasteiger partial charge in [-0.25, -0.2) is 13.4 Å². The smallest absolute Gasteiger partial charge is 0.216 e. The number of aliphatic imine (C=N–C) groups is 1. The third kappa shape index (κ3) is 2.46. The highest BCUT2D eigenvalue weighted by Crippen LogP contribution is 2.18. The first-order valence-electron chi connectivity index (χ1n) is 5.32. The highest BCUT2D eigenvalue weighted by molar-refractivity contribution is 8.09. The highest BCUT2D eigenvalue weighted by atomic mass is 32.2. The van der Waals surface area contributed by atoms with Crippen LogP contribution in [0, 0.1) is 0 Å². The van der Waals surface area contributed by atoms with Crippen LogP contribution in [-0.2, 0) is 9.84 Å². The minimum absolute atomic E-state index is 0.270. The van der Waals surface area contributed by atoms with E-state index in [1.54, 1.807) is 6.92 Å². The first-order valence-corrected chi connectivity index (χ1v) is 6.87. The molecular formula is C10H16N2O2S. The van der Waals surface area contributed by atoms with Crippen LogP contribution in [0.25, 0.3) is 0 Å². The van der Waals surface area contributed by atoms with Crippen LogP contribution in [0.3, 0.4) is 0 Å². The summed E-state index contributed by atoms with van der Waals surface area (Å²) in [4.78, 5) is 4.03. The summed E-state index contributed by atoms with van der Waals surface area (Å²) in [5.41, 5.74) is 0.582. The average molecular weight is 228 g/mol. The van der Waals surface area contributed by atoms with Crippen LogP contribution in [0.1, 0.15) is 32.6 Å². The Labute approximate surface area is 90.4 Å². The molecule has 15 heavy (non-hydrogen) atoms. The van der Waals surface area contributed by atoms with Gasteiger partial charge < -0.3 is 5.32 Å². The van der Waals surface area contributed by atoms with Crippen LogP contribution in [0.4, 0.5) is 0 Å². The second kappa shape index (κ2) is 4.06. The van der Waals surface area contributed by atoms with Gasteiger partial charge in [0.2, 0.25) is 9.84 Å². The molecule has 0 amide bonds. The Bertz CT molecular complexity index is 403. The second-order valence-electron chi connectivity index (χ2n) is 4.17. The normalized spacial score (nSPS) is 25.4. The van der Waals surface area contributed by atoms with Crippen molar-refractivity contribution in [1.82, 2.24) is 5.32 Å². The molecule has 1 aliphatic carbocycles. The molecule has 0 bridgehead atoms. The summed E-state index contributed by atoms with van der Waals surface area (Å²) in [6, 6.07) is 0.476. The van der Waals surface area contributed by atoms with Crippen molar-refractivity contribution in [3.05, 3.63) is 11.1 Å². The molecule has 1 fully saturated rings. The van der Waals surface area contributed by atoms with Crippen molar-refractivity contribution in [3.63, 3.8) is 0 Å². The van der Waals surface area contributed by atoms with E-state index in [1.165, 1.54) is 18.2 Å². The lowest BCUT2D eigenvalue weighted by Gasteiger charge is -2.10. The predicted molar refractivity (Wildman–Crippen MR) is 60.4 cm³/mol. The van der Waals surface area contributed by atoms with Crippen molar-refractivity contribution in [2.75, 3.05) is 6.54 Å². The van der Waals surface area contributed by atoms with Crippen molar-refractivity contribution < 1.29 is 8.42 Å². The van der Waals surface area contributed by atoms with E-state index in [0.29, 0.717) is 18.3 Å². The van der Waals surface area contributed by atoms with Crippen LogP contribution in [0.5, 0.6) is 0 Å². The van der Waals surface area contributed by atoms with E-state index >= 15 is 0 Å². The molecule has 0 aromatic carbocycles. The average Bonchev–Trinajstić information content (AvgIpc) is 2.70. The Morgan fingerprint density at radius 1 is 1.47 bits per heavy atom. The molecule has 0 unspecified atom stereocenters. The molecule has 4 nitrogen and oxygen atoms in total. The Hall–Kier alpha value is -0.680.